The predicted molar refractivity (Wildman–Crippen MR) is 115 cm³/mol. The Hall–Kier alpha value is -3.40. The number of carboxylic acid groups (broad SMARTS) is 2. The number of aromatic carboxylic acids is 2. The topological polar surface area (TPSA) is 74.6 Å². The van der Waals surface area contributed by atoms with E-state index in [1.807, 2.05) is 25.1 Å². The Balaban J connectivity index is 2.47. The SMILES string of the molecule is CCc1cc(C(C)C)cc(-c2ccccc2C(=O)O)c1-c1ccccc1C(=O)O. The number of hydrogen-bond donors (Lipinski definition) is 2. The first-order valence-electron chi connectivity index (χ1n) is 9.67. The van der Waals surface area contributed by atoms with Crippen molar-refractivity contribution in [3.05, 3.63) is 82.9 Å². The molecule has 29 heavy (non-hydrogen) atoms. The van der Waals surface area contributed by atoms with Gasteiger partial charge in [-0.15, -0.1) is 0 Å². The number of aryl methyl sites for hydroxylation is 1. The first-order chi connectivity index (χ1) is 13.8. The lowest BCUT2D eigenvalue weighted by Crippen LogP contribution is -2.05. The number of hydrogen-bond acceptors (Lipinski definition) is 2. The van der Waals surface area contributed by atoms with Gasteiger partial charge in [-0.2, -0.15) is 0 Å². The van der Waals surface area contributed by atoms with Crippen molar-refractivity contribution in [1.29, 1.82) is 0 Å². The lowest BCUT2D eigenvalue weighted by Gasteiger charge is -2.21. The molecule has 0 aliphatic carbocycles. The van der Waals surface area contributed by atoms with Gasteiger partial charge in [0.15, 0.2) is 0 Å². The summed E-state index contributed by atoms with van der Waals surface area (Å²) in [7, 11) is 0. The van der Waals surface area contributed by atoms with Gasteiger partial charge >= 0.3 is 11.9 Å². The summed E-state index contributed by atoms with van der Waals surface area (Å²) in [4.78, 5) is 23.8. The molecule has 0 saturated carbocycles. The summed E-state index contributed by atoms with van der Waals surface area (Å²) < 4.78 is 0. The Morgan fingerprint density at radius 1 is 0.793 bits per heavy atom. The lowest BCUT2D eigenvalue weighted by atomic mass is 9.83. The van der Waals surface area contributed by atoms with Crippen LogP contribution in [0.2, 0.25) is 0 Å². The van der Waals surface area contributed by atoms with Crippen LogP contribution in [0.1, 0.15) is 58.5 Å². The molecule has 0 aliphatic heterocycles. The van der Waals surface area contributed by atoms with Gasteiger partial charge in [-0.3, -0.25) is 0 Å². The van der Waals surface area contributed by atoms with Gasteiger partial charge < -0.3 is 10.2 Å². The highest BCUT2D eigenvalue weighted by Crippen LogP contribution is 2.40. The van der Waals surface area contributed by atoms with E-state index in [1.54, 1.807) is 36.4 Å². The van der Waals surface area contributed by atoms with Crippen LogP contribution in [0.5, 0.6) is 0 Å². The third kappa shape index (κ3) is 3.92. The zero-order valence-corrected chi connectivity index (χ0v) is 16.8. The van der Waals surface area contributed by atoms with E-state index in [0.29, 0.717) is 17.5 Å². The molecule has 3 rings (SSSR count). The molecule has 2 N–H and O–H groups in total. The molecule has 3 aromatic carbocycles. The van der Waals surface area contributed by atoms with Crippen LogP contribution in [0.4, 0.5) is 0 Å². The van der Waals surface area contributed by atoms with E-state index < -0.39 is 11.9 Å². The minimum absolute atomic E-state index is 0.199. The summed E-state index contributed by atoms with van der Waals surface area (Å²) >= 11 is 0. The van der Waals surface area contributed by atoms with Gasteiger partial charge in [-0.1, -0.05) is 69.3 Å². The summed E-state index contributed by atoms with van der Waals surface area (Å²) in [6.45, 7) is 6.21. The Bertz CT molecular complexity index is 1080. The molecule has 0 aliphatic rings. The molecule has 4 heteroatoms. The fourth-order valence-electron chi connectivity index (χ4n) is 3.66. The highest BCUT2D eigenvalue weighted by molar-refractivity contribution is 6.03. The van der Waals surface area contributed by atoms with Crippen molar-refractivity contribution in [1.82, 2.24) is 0 Å². The number of rotatable bonds is 6. The molecule has 0 atom stereocenters. The quantitative estimate of drug-likeness (QED) is 0.535. The highest BCUT2D eigenvalue weighted by Gasteiger charge is 2.22. The van der Waals surface area contributed by atoms with Crippen molar-refractivity contribution in [3.8, 4) is 22.3 Å². The summed E-state index contributed by atoms with van der Waals surface area (Å²) in [5, 5.41) is 19.5. The second-order valence-corrected chi connectivity index (χ2v) is 7.31. The van der Waals surface area contributed by atoms with Gasteiger partial charge in [0, 0.05) is 0 Å². The number of carbonyl (C=O) groups is 2. The van der Waals surface area contributed by atoms with E-state index in [9.17, 15) is 19.8 Å². The van der Waals surface area contributed by atoms with Crippen molar-refractivity contribution in [3.63, 3.8) is 0 Å². The number of carboxylic acids is 2. The van der Waals surface area contributed by atoms with Crippen LogP contribution in [0.3, 0.4) is 0 Å². The van der Waals surface area contributed by atoms with E-state index in [-0.39, 0.29) is 17.0 Å². The van der Waals surface area contributed by atoms with Crippen molar-refractivity contribution in [2.24, 2.45) is 0 Å². The van der Waals surface area contributed by atoms with Crippen LogP contribution >= 0.6 is 0 Å². The summed E-state index contributed by atoms with van der Waals surface area (Å²) in [5.74, 6) is -1.76. The Kier molecular flexibility index (Phi) is 5.83. The van der Waals surface area contributed by atoms with E-state index >= 15 is 0 Å². The maximum atomic E-state index is 11.9. The number of benzene rings is 3. The van der Waals surface area contributed by atoms with Crippen LogP contribution in [0, 0.1) is 0 Å². The molecule has 0 bridgehead atoms. The summed E-state index contributed by atoms with van der Waals surface area (Å²) in [5.41, 5.74) is 5.21. The average molecular weight is 388 g/mol. The Morgan fingerprint density at radius 2 is 1.31 bits per heavy atom. The summed E-state index contributed by atoms with van der Waals surface area (Å²) in [6, 6.07) is 17.9. The Morgan fingerprint density at radius 3 is 1.83 bits per heavy atom. The molecule has 0 saturated heterocycles. The minimum Gasteiger partial charge on any atom is -0.478 e. The van der Waals surface area contributed by atoms with E-state index in [4.69, 9.17) is 0 Å². The lowest BCUT2D eigenvalue weighted by molar-refractivity contribution is 0.0686. The van der Waals surface area contributed by atoms with Gasteiger partial charge in [0.1, 0.15) is 0 Å². The second-order valence-electron chi connectivity index (χ2n) is 7.31. The second kappa shape index (κ2) is 8.31. The van der Waals surface area contributed by atoms with Crippen LogP contribution in [-0.2, 0) is 6.42 Å². The monoisotopic (exact) mass is 388 g/mol. The zero-order valence-electron chi connectivity index (χ0n) is 16.8. The smallest absolute Gasteiger partial charge is 0.336 e. The van der Waals surface area contributed by atoms with Gasteiger partial charge in [0.2, 0.25) is 0 Å². The molecule has 0 radical (unpaired) electrons. The van der Waals surface area contributed by atoms with Gasteiger partial charge in [0.25, 0.3) is 0 Å². The molecule has 0 amide bonds. The van der Waals surface area contributed by atoms with Gasteiger partial charge in [-0.05, 0) is 57.9 Å². The largest absolute Gasteiger partial charge is 0.478 e. The average Bonchev–Trinajstić information content (AvgIpc) is 2.72. The fraction of sp³-hybridized carbons (Fsp3) is 0.200. The first-order valence-corrected chi connectivity index (χ1v) is 9.67. The molecule has 0 unspecified atom stereocenters. The van der Waals surface area contributed by atoms with Crippen molar-refractivity contribution in [2.45, 2.75) is 33.1 Å². The maximum absolute atomic E-state index is 11.9. The van der Waals surface area contributed by atoms with Gasteiger partial charge in [0.05, 0.1) is 11.1 Å². The third-order valence-electron chi connectivity index (χ3n) is 5.16. The van der Waals surface area contributed by atoms with E-state index in [1.165, 1.54) is 0 Å². The fourth-order valence-corrected chi connectivity index (χ4v) is 3.66. The van der Waals surface area contributed by atoms with Crippen LogP contribution in [0.15, 0.2) is 60.7 Å². The maximum Gasteiger partial charge on any atom is 0.336 e. The van der Waals surface area contributed by atoms with Crippen molar-refractivity contribution >= 4 is 11.9 Å². The molecule has 4 nitrogen and oxygen atoms in total. The molecule has 0 heterocycles. The van der Waals surface area contributed by atoms with Crippen molar-refractivity contribution < 1.29 is 19.8 Å². The van der Waals surface area contributed by atoms with Crippen LogP contribution in [0.25, 0.3) is 22.3 Å². The highest BCUT2D eigenvalue weighted by atomic mass is 16.4. The molecular weight excluding hydrogens is 364 g/mol. The van der Waals surface area contributed by atoms with Crippen molar-refractivity contribution in [2.75, 3.05) is 0 Å². The Labute approximate surface area is 170 Å². The predicted octanol–water partition coefficient (Wildman–Crippen LogP) is 6.10. The molecule has 0 aromatic heterocycles. The first kappa shape index (κ1) is 20.3. The molecular formula is C25H24O4. The zero-order chi connectivity index (χ0) is 21.1. The standard InChI is InChI=1S/C25H24O4/c1-4-16-13-17(15(2)3)14-22(18-9-5-7-11-20(18)24(26)27)23(16)19-10-6-8-12-21(19)25(28)29/h5-15H,4H2,1-3H3,(H,26,27)(H,28,29). The minimum atomic E-state index is -1.01. The molecule has 148 valence electrons. The third-order valence-corrected chi connectivity index (χ3v) is 5.16. The molecule has 0 spiro atoms. The van der Waals surface area contributed by atoms with E-state index in [0.717, 1.165) is 22.3 Å². The molecule has 3 aromatic rings. The van der Waals surface area contributed by atoms with Gasteiger partial charge in [-0.25, -0.2) is 9.59 Å². The molecule has 0 fully saturated rings. The van der Waals surface area contributed by atoms with Crippen LogP contribution < -0.4 is 0 Å². The summed E-state index contributed by atoms with van der Waals surface area (Å²) in [6.07, 6.45) is 0.700. The van der Waals surface area contributed by atoms with E-state index in [2.05, 4.69) is 19.9 Å². The normalized spacial score (nSPS) is 10.9. The van der Waals surface area contributed by atoms with Crippen LogP contribution in [-0.4, -0.2) is 22.2 Å².